The zero-order chi connectivity index (χ0) is 20.0. The van der Waals surface area contributed by atoms with Gasteiger partial charge >= 0.3 is 0 Å². The van der Waals surface area contributed by atoms with E-state index in [1.165, 1.54) is 17.5 Å². The molecule has 1 fully saturated rings. The fraction of sp³-hybridized carbons (Fsp3) is 0.333. The SMILES string of the molecule is Cc1ccc(NC(=O)C2CC2)cc1NC(=O)Cc1coc2cc3c(cc12)CCC3. The van der Waals surface area contributed by atoms with Gasteiger partial charge in [0.2, 0.25) is 11.8 Å². The van der Waals surface area contributed by atoms with Gasteiger partial charge in [0.25, 0.3) is 0 Å². The van der Waals surface area contributed by atoms with Crippen molar-refractivity contribution in [2.45, 2.75) is 45.4 Å². The Balaban J connectivity index is 1.32. The molecule has 2 aliphatic carbocycles. The molecule has 0 saturated heterocycles. The molecule has 0 spiro atoms. The molecule has 3 aromatic rings. The zero-order valence-electron chi connectivity index (χ0n) is 16.5. The number of fused-ring (bicyclic) bond motifs is 2. The number of rotatable bonds is 5. The number of hydrogen-bond acceptors (Lipinski definition) is 3. The Morgan fingerprint density at radius 3 is 2.66 bits per heavy atom. The average Bonchev–Trinajstić information content (AvgIpc) is 3.35. The standard InChI is InChI=1S/C24H24N2O3/c1-14-5-8-19(25-24(28)15-6-7-15)12-21(14)26-23(27)11-18-13-29-22-10-17-4-2-3-16(17)9-20(18)22/h5,8-10,12-13,15H,2-4,6-7,11H2,1H3,(H,25,28)(H,26,27). The predicted octanol–water partition coefficient (Wildman–Crippen LogP) is 4.76. The number of aryl methyl sites for hydroxylation is 3. The van der Waals surface area contributed by atoms with Crippen LogP contribution in [0.1, 0.15) is 41.5 Å². The molecule has 0 bridgehead atoms. The van der Waals surface area contributed by atoms with E-state index in [1.807, 2.05) is 25.1 Å². The van der Waals surface area contributed by atoms with Crippen molar-refractivity contribution in [1.29, 1.82) is 0 Å². The van der Waals surface area contributed by atoms with E-state index in [-0.39, 0.29) is 24.2 Å². The van der Waals surface area contributed by atoms with E-state index >= 15 is 0 Å². The van der Waals surface area contributed by atoms with Crippen molar-refractivity contribution >= 4 is 34.2 Å². The topological polar surface area (TPSA) is 71.3 Å². The Kier molecular flexibility index (Phi) is 4.38. The number of benzene rings is 2. The van der Waals surface area contributed by atoms with E-state index in [0.29, 0.717) is 5.69 Å². The van der Waals surface area contributed by atoms with Gasteiger partial charge in [-0.15, -0.1) is 0 Å². The first-order valence-corrected chi connectivity index (χ1v) is 10.3. The number of hydrogen-bond donors (Lipinski definition) is 2. The second-order valence-corrected chi connectivity index (χ2v) is 8.25. The van der Waals surface area contributed by atoms with Gasteiger partial charge in [-0.1, -0.05) is 6.07 Å². The number of furan rings is 1. The summed E-state index contributed by atoms with van der Waals surface area (Å²) < 4.78 is 5.71. The van der Waals surface area contributed by atoms with Gasteiger partial charge < -0.3 is 15.1 Å². The summed E-state index contributed by atoms with van der Waals surface area (Å²) in [6, 6.07) is 9.91. The first-order chi connectivity index (χ1) is 14.1. The minimum atomic E-state index is -0.0954. The van der Waals surface area contributed by atoms with Crippen molar-refractivity contribution in [2.24, 2.45) is 5.92 Å². The summed E-state index contributed by atoms with van der Waals surface area (Å²) >= 11 is 0. The first-order valence-electron chi connectivity index (χ1n) is 10.3. The Morgan fingerprint density at radius 2 is 1.86 bits per heavy atom. The van der Waals surface area contributed by atoms with Crippen LogP contribution in [0.25, 0.3) is 11.0 Å². The highest BCUT2D eigenvalue weighted by Gasteiger charge is 2.29. The molecule has 0 unspecified atom stereocenters. The van der Waals surface area contributed by atoms with Crippen LogP contribution >= 0.6 is 0 Å². The molecule has 29 heavy (non-hydrogen) atoms. The molecule has 1 saturated carbocycles. The van der Waals surface area contributed by atoms with Crippen LogP contribution in [0.5, 0.6) is 0 Å². The maximum absolute atomic E-state index is 12.7. The monoisotopic (exact) mass is 388 g/mol. The van der Waals surface area contributed by atoms with Gasteiger partial charge in [0.15, 0.2) is 0 Å². The molecule has 148 valence electrons. The maximum atomic E-state index is 12.7. The quantitative estimate of drug-likeness (QED) is 0.662. The van der Waals surface area contributed by atoms with Crippen molar-refractivity contribution in [3.05, 3.63) is 58.8 Å². The Hall–Kier alpha value is -3.08. The van der Waals surface area contributed by atoms with Gasteiger partial charge in [-0.3, -0.25) is 9.59 Å². The molecule has 2 aliphatic rings. The molecule has 5 rings (SSSR count). The molecule has 2 amide bonds. The number of carbonyl (C=O) groups is 2. The van der Waals surface area contributed by atoms with Crippen molar-refractivity contribution < 1.29 is 14.0 Å². The van der Waals surface area contributed by atoms with Crippen molar-refractivity contribution in [3.8, 4) is 0 Å². The summed E-state index contributed by atoms with van der Waals surface area (Å²) in [4.78, 5) is 24.7. The van der Waals surface area contributed by atoms with Gasteiger partial charge in [-0.05, 0) is 80.0 Å². The van der Waals surface area contributed by atoms with Crippen LogP contribution in [0.15, 0.2) is 41.0 Å². The highest BCUT2D eigenvalue weighted by atomic mass is 16.3. The largest absolute Gasteiger partial charge is 0.464 e. The van der Waals surface area contributed by atoms with E-state index in [1.54, 1.807) is 6.26 Å². The number of nitrogens with one attached hydrogen (secondary N) is 2. The number of anilines is 2. The third kappa shape index (κ3) is 3.65. The van der Waals surface area contributed by atoms with Crippen LogP contribution in [0, 0.1) is 12.8 Å². The fourth-order valence-corrected chi connectivity index (χ4v) is 4.08. The van der Waals surface area contributed by atoms with Gasteiger partial charge in [0, 0.05) is 28.2 Å². The van der Waals surface area contributed by atoms with Crippen LogP contribution in [0.2, 0.25) is 0 Å². The van der Waals surface area contributed by atoms with Crippen LogP contribution in [0.3, 0.4) is 0 Å². The lowest BCUT2D eigenvalue weighted by Gasteiger charge is -2.11. The van der Waals surface area contributed by atoms with Gasteiger partial charge in [-0.2, -0.15) is 0 Å². The smallest absolute Gasteiger partial charge is 0.228 e. The van der Waals surface area contributed by atoms with Crippen LogP contribution in [-0.2, 0) is 28.9 Å². The normalized spacial score (nSPS) is 15.3. The lowest BCUT2D eigenvalue weighted by Crippen LogP contribution is -2.16. The summed E-state index contributed by atoms with van der Waals surface area (Å²) in [6.45, 7) is 1.94. The van der Waals surface area contributed by atoms with E-state index < -0.39 is 0 Å². The van der Waals surface area contributed by atoms with Crippen molar-refractivity contribution in [3.63, 3.8) is 0 Å². The molecule has 0 atom stereocenters. The minimum Gasteiger partial charge on any atom is -0.464 e. The number of amides is 2. The third-order valence-corrected chi connectivity index (χ3v) is 5.95. The van der Waals surface area contributed by atoms with E-state index in [9.17, 15) is 9.59 Å². The molecule has 2 aromatic carbocycles. The summed E-state index contributed by atoms with van der Waals surface area (Å²) in [5.74, 6) is 0.107. The van der Waals surface area contributed by atoms with Crippen LogP contribution < -0.4 is 10.6 Å². The number of carbonyl (C=O) groups excluding carboxylic acids is 2. The Bertz CT molecular complexity index is 1120. The molecule has 1 heterocycles. The summed E-state index contributed by atoms with van der Waals surface area (Å²) in [5.41, 5.74) is 6.89. The molecular formula is C24H24N2O3. The molecule has 2 N–H and O–H groups in total. The van der Waals surface area contributed by atoms with Gasteiger partial charge in [0.1, 0.15) is 5.58 Å². The lowest BCUT2D eigenvalue weighted by atomic mass is 10.0. The van der Waals surface area contributed by atoms with Crippen molar-refractivity contribution in [1.82, 2.24) is 0 Å². The van der Waals surface area contributed by atoms with Gasteiger partial charge in [0.05, 0.1) is 12.7 Å². The maximum Gasteiger partial charge on any atom is 0.228 e. The fourth-order valence-electron chi connectivity index (χ4n) is 4.08. The average molecular weight is 388 g/mol. The molecular weight excluding hydrogens is 364 g/mol. The third-order valence-electron chi connectivity index (χ3n) is 5.95. The molecule has 5 heteroatoms. The molecule has 5 nitrogen and oxygen atoms in total. The van der Waals surface area contributed by atoms with E-state index in [4.69, 9.17) is 4.42 Å². The zero-order valence-corrected chi connectivity index (χ0v) is 16.5. The summed E-state index contributed by atoms with van der Waals surface area (Å²) in [7, 11) is 0. The highest BCUT2D eigenvalue weighted by Crippen LogP contribution is 2.32. The van der Waals surface area contributed by atoms with Crippen LogP contribution in [0.4, 0.5) is 11.4 Å². The first kappa shape index (κ1) is 18.0. The summed E-state index contributed by atoms with van der Waals surface area (Å²) in [6.07, 6.45) is 7.26. The second kappa shape index (κ2) is 7.07. The highest BCUT2D eigenvalue weighted by molar-refractivity contribution is 5.98. The summed E-state index contributed by atoms with van der Waals surface area (Å²) in [5, 5.41) is 6.96. The Morgan fingerprint density at radius 1 is 1.07 bits per heavy atom. The molecule has 1 aromatic heterocycles. The Labute approximate surface area is 169 Å². The molecule has 0 aliphatic heterocycles. The van der Waals surface area contributed by atoms with Crippen molar-refractivity contribution in [2.75, 3.05) is 10.6 Å². The second-order valence-electron chi connectivity index (χ2n) is 8.25. The molecule has 0 radical (unpaired) electrons. The van der Waals surface area contributed by atoms with E-state index in [2.05, 4.69) is 22.8 Å². The van der Waals surface area contributed by atoms with Crippen LogP contribution in [-0.4, -0.2) is 11.8 Å². The minimum absolute atomic E-state index is 0.0588. The predicted molar refractivity (Wildman–Crippen MR) is 113 cm³/mol. The lowest BCUT2D eigenvalue weighted by molar-refractivity contribution is -0.117. The van der Waals surface area contributed by atoms with E-state index in [0.717, 1.165) is 53.5 Å². The van der Waals surface area contributed by atoms with Gasteiger partial charge in [-0.25, -0.2) is 0 Å².